The lowest BCUT2D eigenvalue weighted by Crippen LogP contribution is -2.32. The third-order valence-corrected chi connectivity index (χ3v) is 6.35. The number of halogens is 3. The van der Waals surface area contributed by atoms with E-state index in [9.17, 15) is 27.9 Å². The number of carbonyl (C=O) groups is 2. The summed E-state index contributed by atoms with van der Waals surface area (Å²) in [6, 6.07) is 12.1. The highest BCUT2D eigenvalue weighted by Gasteiger charge is 2.47. The van der Waals surface area contributed by atoms with E-state index in [4.69, 9.17) is 0 Å². The Bertz CT molecular complexity index is 1250. The summed E-state index contributed by atoms with van der Waals surface area (Å²) in [4.78, 5) is 27.3. The number of thiophene rings is 1. The zero-order valence-corrected chi connectivity index (χ0v) is 19.3. The van der Waals surface area contributed by atoms with Crippen molar-refractivity contribution in [1.29, 1.82) is 0 Å². The summed E-state index contributed by atoms with van der Waals surface area (Å²) in [6.45, 7) is 3.57. The van der Waals surface area contributed by atoms with Gasteiger partial charge in [0.25, 0.3) is 5.91 Å². The summed E-state index contributed by atoms with van der Waals surface area (Å²) in [6.07, 6.45) is -4.72. The van der Waals surface area contributed by atoms with Gasteiger partial charge in [-0.05, 0) is 57.6 Å². The highest BCUT2D eigenvalue weighted by molar-refractivity contribution is 7.08. The maximum atomic E-state index is 13.9. The van der Waals surface area contributed by atoms with Crippen LogP contribution >= 0.6 is 11.3 Å². The standard InChI is InChI=1S/C26H22F3NO3S/c1-15(2)13-21(31)22-23(19-5-3-4-6-20(19)26(27,28)29)30(25(33)24(22)32)18-9-7-16(8-10-18)17-11-12-34-14-17/h3-12,14-15,23,32H,13H2,1-2H3. The lowest BCUT2D eigenvalue weighted by molar-refractivity contribution is -0.138. The molecule has 0 radical (unpaired) electrons. The molecule has 8 heteroatoms. The Morgan fingerprint density at radius 3 is 2.32 bits per heavy atom. The zero-order valence-electron chi connectivity index (χ0n) is 18.5. The molecule has 4 nitrogen and oxygen atoms in total. The van der Waals surface area contributed by atoms with Crippen molar-refractivity contribution in [3.05, 3.63) is 87.8 Å². The minimum absolute atomic E-state index is 0.0116. The summed E-state index contributed by atoms with van der Waals surface area (Å²) in [5, 5.41) is 14.6. The zero-order chi connectivity index (χ0) is 24.6. The summed E-state index contributed by atoms with van der Waals surface area (Å²) >= 11 is 1.53. The topological polar surface area (TPSA) is 57.6 Å². The Morgan fingerprint density at radius 2 is 1.74 bits per heavy atom. The van der Waals surface area contributed by atoms with E-state index in [0.717, 1.165) is 22.1 Å². The third kappa shape index (κ3) is 4.37. The molecule has 1 aliphatic heterocycles. The molecule has 0 bridgehead atoms. The van der Waals surface area contributed by atoms with Crippen LogP contribution in [0.25, 0.3) is 11.1 Å². The SMILES string of the molecule is CC(C)CC(=O)C1=C(O)C(=O)N(c2ccc(-c3ccsc3)cc2)C1c1ccccc1C(F)(F)F. The first-order valence-corrected chi connectivity index (χ1v) is 11.6. The van der Waals surface area contributed by atoms with Gasteiger partial charge in [0, 0.05) is 12.1 Å². The van der Waals surface area contributed by atoms with Crippen LogP contribution < -0.4 is 4.90 Å². The number of amides is 1. The molecule has 0 spiro atoms. The highest BCUT2D eigenvalue weighted by Crippen LogP contribution is 2.46. The maximum absolute atomic E-state index is 13.9. The van der Waals surface area contributed by atoms with E-state index in [0.29, 0.717) is 0 Å². The molecule has 1 unspecified atom stereocenters. The van der Waals surface area contributed by atoms with E-state index < -0.39 is 35.2 Å². The molecule has 2 aromatic carbocycles. The number of alkyl halides is 3. The number of hydrogen-bond donors (Lipinski definition) is 1. The lowest BCUT2D eigenvalue weighted by Gasteiger charge is -2.29. The Morgan fingerprint density at radius 1 is 1.06 bits per heavy atom. The van der Waals surface area contributed by atoms with Crippen LogP contribution in [-0.4, -0.2) is 16.8 Å². The molecule has 34 heavy (non-hydrogen) atoms. The molecular formula is C26H22F3NO3S. The minimum Gasteiger partial charge on any atom is -0.503 e. The lowest BCUT2D eigenvalue weighted by atomic mass is 9.89. The average Bonchev–Trinajstić information content (AvgIpc) is 3.40. The number of benzene rings is 2. The molecule has 1 atom stereocenters. The van der Waals surface area contributed by atoms with Crippen LogP contribution in [0.4, 0.5) is 18.9 Å². The van der Waals surface area contributed by atoms with Gasteiger partial charge < -0.3 is 5.11 Å². The summed E-state index contributed by atoms with van der Waals surface area (Å²) < 4.78 is 41.7. The fourth-order valence-corrected chi connectivity index (χ4v) is 4.83. The molecule has 3 aromatic rings. The van der Waals surface area contributed by atoms with E-state index in [1.807, 2.05) is 16.8 Å². The van der Waals surface area contributed by atoms with Gasteiger partial charge in [-0.2, -0.15) is 24.5 Å². The number of aliphatic hydroxyl groups is 1. The van der Waals surface area contributed by atoms with E-state index >= 15 is 0 Å². The summed E-state index contributed by atoms with van der Waals surface area (Å²) in [5.41, 5.74) is 0.593. The van der Waals surface area contributed by atoms with Gasteiger partial charge in [-0.25, -0.2) is 0 Å². The van der Waals surface area contributed by atoms with Gasteiger partial charge in [-0.3, -0.25) is 14.5 Å². The van der Waals surface area contributed by atoms with Crippen LogP contribution in [0.5, 0.6) is 0 Å². The number of anilines is 1. The van der Waals surface area contributed by atoms with Crippen LogP contribution in [0.15, 0.2) is 76.7 Å². The first kappa shape index (κ1) is 23.8. The molecule has 1 aromatic heterocycles. The minimum atomic E-state index is -4.71. The van der Waals surface area contributed by atoms with Crippen molar-refractivity contribution < 1.29 is 27.9 Å². The predicted molar refractivity (Wildman–Crippen MR) is 126 cm³/mol. The monoisotopic (exact) mass is 485 g/mol. The van der Waals surface area contributed by atoms with E-state index in [2.05, 4.69) is 0 Å². The number of carbonyl (C=O) groups excluding carboxylic acids is 2. The van der Waals surface area contributed by atoms with Crippen LogP contribution in [0, 0.1) is 5.92 Å². The normalized spacial score (nSPS) is 16.6. The molecule has 176 valence electrons. The summed E-state index contributed by atoms with van der Waals surface area (Å²) in [7, 11) is 0. The van der Waals surface area contributed by atoms with Gasteiger partial charge in [-0.1, -0.05) is 44.2 Å². The van der Waals surface area contributed by atoms with E-state index in [-0.39, 0.29) is 29.2 Å². The van der Waals surface area contributed by atoms with Gasteiger partial charge in [0.05, 0.1) is 17.2 Å². The molecule has 1 aliphatic rings. The number of Topliss-reactive ketones (excluding diaryl/α,β-unsaturated/α-hetero) is 1. The van der Waals surface area contributed by atoms with Crippen LogP contribution in [0.2, 0.25) is 0 Å². The Labute approximate surface area is 199 Å². The smallest absolute Gasteiger partial charge is 0.416 e. The second kappa shape index (κ2) is 9.10. The largest absolute Gasteiger partial charge is 0.503 e. The summed E-state index contributed by atoms with van der Waals surface area (Å²) in [5.74, 6) is -2.38. The number of rotatable bonds is 6. The van der Waals surface area contributed by atoms with Gasteiger partial charge in [-0.15, -0.1) is 0 Å². The number of hydrogen-bond acceptors (Lipinski definition) is 4. The van der Waals surface area contributed by atoms with Crippen molar-refractivity contribution in [3.63, 3.8) is 0 Å². The maximum Gasteiger partial charge on any atom is 0.416 e. The third-order valence-electron chi connectivity index (χ3n) is 5.66. The second-order valence-corrected chi connectivity index (χ2v) is 9.29. The van der Waals surface area contributed by atoms with Gasteiger partial charge in [0.2, 0.25) is 0 Å². The van der Waals surface area contributed by atoms with Crippen molar-refractivity contribution in [2.75, 3.05) is 4.90 Å². The van der Waals surface area contributed by atoms with Crippen LogP contribution in [0.1, 0.15) is 37.4 Å². The van der Waals surface area contributed by atoms with Crippen molar-refractivity contribution in [3.8, 4) is 11.1 Å². The van der Waals surface area contributed by atoms with Crippen molar-refractivity contribution in [2.24, 2.45) is 5.92 Å². The number of ketones is 1. The van der Waals surface area contributed by atoms with E-state index in [1.165, 1.54) is 29.5 Å². The fraction of sp³-hybridized carbons (Fsp3) is 0.231. The first-order chi connectivity index (χ1) is 16.1. The predicted octanol–water partition coefficient (Wildman–Crippen LogP) is 6.95. The van der Waals surface area contributed by atoms with Gasteiger partial charge >= 0.3 is 6.18 Å². The van der Waals surface area contributed by atoms with Crippen molar-refractivity contribution in [1.82, 2.24) is 0 Å². The van der Waals surface area contributed by atoms with E-state index in [1.54, 1.807) is 38.1 Å². The molecule has 1 amide bonds. The van der Waals surface area contributed by atoms with Crippen molar-refractivity contribution in [2.45, 2.75) is 32.5 Å². The highest BCUT2D eigenvalue weighted by atomic mass is 32.1. The molecule has 0 saturated carbocycles. The molecule has 1 N–H and O–H groups in total. The number of nitrogens with zero attached hydrogens (tertiary/aromatic N) is 1. The van der Waals surface area contributed by atoms with Gasteiger partial charge in [0.15, 0.2) is 11.5 Å². The Kier molecular flexibility index (Phi) is 6.36. The fourth-order valence-electron chi connectivity index (χ4n) is 4.17. The molecule has 0 fully saturated rings. The Balaban J connectivity index is 1.86. The van der Waals surface area contributed by atoms with Crippen LogP contribution in [0.3, 0.4) is 0 Å². The molecular weight excluding hydrogens is 463 g/mol. The van der Waals surface area contributed by atoms with Gasteiger partial charge in [0.1, 0.15) is 0 Å². The number of aliphatic hydroxyl groups excluding tert-OH is 1. The Hall–Kier alpha value is -3.39. The van der Waals surface area contributed by atoms with Crippen LogP contribution in [-0.2, 0) is 15.8 Å². The average molecular weight is 486 g/mol. The molecule has 0 saturated heterocycles. The molecule has 2 heterocycles. The first-order valence-electron chi connectivity index (χ1n) is 10.7. The van der Waals surface area contributed by atoms with Crippen molar-refractivity contribution >= 4 is 28.7 Å². The second-order valence-electron chi connectivity index (χ2n) is 8.51. The quantitative estimate of drug-likeness (QED) is 0.411. The molecule has 0 aliphatic carbocycles. The molecule has 4 rings (SSSR count).